The van der Waals surface area contributed by atoms with Gasteiger partial charge in [0, 0.05) is 6.42 Å². The Morgan fingerprint density at radius 3 is 1.94 bits per heavy atom. The fourth-order valence-corrected chi connectivity index (χ4v) is 4.79. The third-order valence-corrected chi connectivity index (χ3v) is 7.76. The van der Waals surface area contributed by atoms with Gasteiger partial charge in [-0.25, -0.2) is 0 Å². The summed E-state index contributed by atoms with van der Waals surface area (Å²) in [7, 11) is 0. The molecular formula is C39H54O10. The maximum Gasteiger partial charge on any atom is 0.307 e. The van der Waals surface area contributed by atoms with E-state index in [0.29, 0.717) is 5.57 Å². The fourth-order valence-electron chi connectivity index (χ4n) is 4.79. The lowest BCUT2D eigenvalue weighted by atomic mass is 9.71. The molecule has 0 radical (unpaired) electrons. The zero-order chi connectivity index (χ0) is 37.1. The summed E-state index contributed by atoms with van der Waals surface area (Å²) in [5.74, 6) is -1.97. The number of aliphatic hydroxyl groups is 5. The van der Waals surface area contributed by atoms with Crippen LogP contribution in [0.5, 0.6) is 0 Å². The van der Waals surface area contributed by atoms with E-state index in [1.807, 2.05) is 121 Å². The van der Waals surface area contributed by atoms with Crippen LogP contribution in [-0.4, -0.2) is 87.0 Å². The molecule has 1 aliphatic rings. The van der Waals surface area contributed by atoms with Gasteiger partial charge < -0.3 is 35.0 Å². The molecule has 5 N–H and O–H groups in total. The van der Waals surface area contributed by atoms with Gasteiger partial charge in [-0.15, -0.1) is 0 Å². The Labute approximate surface area is 290 Å². The molecule has 0 heterocycles. The van der Waals surface area contributed by atoms with Crippen LogP contribution >= 0.6 is 0 Å². The number of hydrogen-bond donors (Lipinski definition) is 5. The average molecular weight is 683 g/mol. The van der Waals surface area contributed by atoms with Gasteiger partial charge in [0.15, 0.2) is 11.9 Å². The van der Waals surface area contributed by atoms with Gasteiger partial charge in [0.2, 0.25) is 0 Å². The lowest BCUT2D eigenvalue weighted by molar-refractivity contribution is -0.161. The number of hydrogen-bond acceptors (Lipinski definition) is 10. The molecule has 0 aliphatic heterocycles. The second-order valence-electron chi connectivity index (χ2n) is 12.6. The smallest absolute Gasteiger partial charge is 0.307 e. The van der Waals surface area contributed by atoms with Crippen molar-refractivity contribution in [1.82, 2.24) is 0 Å². The minimum absolute atomic E-state index is 0.256. The molecule has 0 saturated heterocycles. The van der Waals surface area contributed by atoms with Gasteiger partial charge in [0.25, 0.3) is 0 Å². The van der Waals surface area contributed by atoms with Crippen LogP contribution in [0.1, 0.15) is 67.7 Å². The molecule has 1 rings (SSSR count). The summed E-state index contributed by atoms with van der Waals surface area (Å²) in [6, 6.07) is 0. The van der Waals surface area contributed by atoms with E-state index in [1.54, 1.807) is 6.92 Å². The third kappa shape index (κ3) is 15.9. The normalized spacial score (nSPS) is 20.6. The Hall–Kier alpha value is -3.93. The quantitative estimate of drug-likeness (QED) is 0.102. The number of ether oxygens (including phenoxy) is 2. The van der Waals surface area contributed by atoms with Crippen LogP contribution in [0.3, 0.4) is 0 Å². The van der Waals surface area contributed by atoms with Crippen LogP contribution in [0.15, 0.2) is 107 Å². The SMILES string of the molecule is CC=CC=CC(C)=CC=CC=C(C)C=CC=C(C)C=CC1=C(C)C(=O)C(OC(=O)CCC(=O)OCC(O)C(O)C(O)C(O)CO)CC1(C)C. The molecular weight excluding hydrogens is 628 g/mol. The van der Waals surface area contributed by atoms with Gasteiger partial charge in [-0.1, -0.05) is 110 Å². The molecule has 10 nitrogen and oxygen atoms in total. The Balaban J connectivity index is 2.74. The van der Waals surface area contributed by atoms with Gasteiger partial charge in [0.1, 0.15) is 31.0 Å². The van der Waals surface area contributed by atoms with Crippen LogP contribution in [0.25, 0.3) is 0 Å². The highest BCUT2D eigenvalue weighted by Gasteiger charge is 2.40. The maximum atomic E-state index is 13.1. The molecule has 0 aromatic carbocycles. The first kappa shape index (κ1) is 43.1. The van der Waals surface area contributed by atoms with Crippen LogP contribution in [0, 0.1) is 5.41 Å². The second kappa shape index (κ2) is 21.9. The molecule has 0 aromatic heterocycles. The van der Waals surface area contributed by atoms with Crippen molar-refractivity contribution in [3.8, 4) is 0 Å². The van der Waals surface area contributed by atoms with Crippen LogP contribution in [0.2, 0.25) is 0 Å². The number of carbonyl (C=O) groups excluding carboxylic acids is 3. The molecule has 5 atom stereocenters. The minimum Gasteiger partial charge on any atom is -0.463 e. The third-order valence-electron chi connectivity index (χ3n) is 7.76. The van der Waals surface area contributed by atoms with Gasteiger partial charge in [0.05, 0.1) is 19.4 Å². The number of carbonyl (C=O) groups is 3. The number of allylic oxidation sites excluding steroid dienone is 17. The topological polar surface area (TPSA) is 171 Å². The Morgan fingerprint density at radius 1 is 0.816 bits per heavy atom. The van der Waals surface area contributed by atoms with E-state index in [4.69, 9.17) is 14.6 Å². The highest BCUT2D eigenvalue weighted by molar-refractivity contribution is 6.01. The van der Waals surface area contributed by atoms with E-state index >= 15 is 0 Å². The predicted molar refractivity (Wildman–Crippen MR) is 190 cm³/mol. The summed E-state index contributed by atoms with van der Waals surface area (Å²) < 4.78 is 10.3. The van der Waals surface area contributed by atoms with Gasteiger partial charge in [-0.3, -0.25) is 14.4 Å². The summed E-state index contributed by atoms with van der Waals surface area (Å²) in [5, 5.41) is 47.5. The van der Waals surface area contributed by atoms with Gasteiger partial charge in [-0.05, 0) is 51.2 Å². The molecule has 1 aliphatic carbocycles. The zero-order valence-corrected chi connectivity index (χ0v) is 29.7. The number of rotatable bonds is 18. The Kier molecular flexibility index (Phi) is 19.3. The van der Waals surface area contributed by atoms with Crippen molar-refractivity contribution in [3.05, 3.63) is 107 Å². The summed E-state index contributed by atoms with van der Waals surface area (Å²) in [4.78, 5) is 37.7. The molecule has 49 heavy (non-hydrogen) atoms. The van der Waals surface area contributed by atoms with Crippen molar-refractivity contribution in [2.75, 3.05) is 13.2 Å². The first-order chi connectivity index (χ1) is 23.0. The molecule has 0 aromatic rings. The van der Waals surface area contributed by atoms with E-state index < -0.39 is 67.5 Å². The van der Waals surface area contributed by atoms with Crippen molar-refractivity contribution in [1.29, 1.82) is 0 Å². The summed E-state index contributed by atoms with van der Waals surface area (Å²) >= 11 is 0. The molecule has 0 saturated carbocycles. The number of Topliss-reactive ketones (excluding diaryl/α,β-unsaturated/α-hetero) is 1. The highest BCUT2D eigenvalue weighted by atomic mass is 16.6. The van der Waals surface area contributed by atoms with Crippen LogP contribution in [-0.2, 0) is 23.9 Å². The predicted octanol–water partition coefficient (Wildman–Crippen LogP) is 4.61. The highest BCUT2D eigenvalue weighted by Crippen LogP contribution is 2.40. The zero-order valence-electron chi connectivity index (χ0n) is 29.7. The van der Waals surface area contributed by atoms with Crippen molar-refractivity contribution in [3.63, 3.8) is 0 Å². The van der Waals surface area contributed by atoms with E-state index in [1.165, 1.54) is 0 Å². The lowest BCUT2D eigenvalue weighted by Gasteiger charge is -2.36. The van der Waals surface area contributed by atoms with E-state index in [2.05, 4.69) is 0 Å². The van der Waals surface area contributed by atoms with Crippen molar-refractivity contribution in [2.24, 2.45) is 5.41 Å². The standard InChI is InChI=1S/C39H54O10/c1-8-9-10-14-26(2)15-11-12-16-27(3)17-13-18-28(4)19-20-30-29(5)36(45)33(23-39(30,6)7)49-35(44)22-21-34(43)48-25-32(42)38(47)37(46)31(41)24-40/h8-20,31-33,37-38,40-42,46-47H,21-25H2,1-7H3. The Morgan fingerprint density at radius 2 is 1.35 bits per heavy atom. The monoisotopic (exact) mass is 682 g/mol. The number of aliphatic hydroxyl groups excluding tert-OH is 5. The maximum absolute atomic E-state index is 13.1. The van der Waals surface area contributed by atoms with Crippen LogP contribution in [0.4, 0.5) is 0 Å². The number of esters is 2. The minimum atomic E-state index is -1.88. The van der Waals surface area contributed by atoms with Crippen molar-refractivity contribution in [2.45, 2.75) is 98.2 Å². The molecule has 0 amide bonds. The fraction of sp³-hybridized carbons (Fsp3) is 0.462. The molecule has 0 bridgehead atoms. The molecule has 0 spiro atoms. The Bertz CT molecular complexity index is 1400. The average Bonchev–Trinajstić information content (AvgIpc) is 3.05. The van der Waals surface area contributed by atoms with Gasteiger partial charge in [-0.2, -0.15) is 0 Å². The first-order valence-electron chi connectivity index (χ1n) is 16.3. The largest absolute Gasteiger partial charge is 0.463 e. The molecule has 0 fully saturated rings. The van der Waals surface area contributed by atoms with Gasteiger partial charge >= 0.3 is 11.9 Å². The van der Waals surface area contributed by atoms with E-state index in [0.717, 1.165) is 22.3 Å². The second-order valence-corrected chi connectivity index (χ2v) is 12.6. The van der Waals surface area contributed by atoms with Crippen LogP contribution < -0.4 is 0 Å². The summed E-state index contributed by atoms with van der Waals surface area (Å²) in [6.07, 6.45) is 17.1. The number of ketones is 1. The molecule has 10 heteroatoms. The van der Waals surface area contributed by atoms with E-state index in [-0.39, 0.29) is 18.6 Å². The first-order valence-corrected chi connectivity index (χ1v) is 16.3. The van der Waals surface area contributed by atoms with E-state index in [9.17, 15) is 34.8 Å². The molecule has 5 unspecified atom stereocenters. The summed E-state index contributed by atoms with van der Waals surface area (Å²) in [6.45, 7) is 12.1. The van der Waals surface area contributed by atoms with Crippen molar-refractivity contribution < 1.29 is 49.4 Å². The van der Waals surface area contributed by atoms with Crippen molar-refractivity contribution >= 4 is 17.7 Å². The summed E-state index contributed by atoms with van der Waals surface area (Å²) in [5.41, 5.74) is 4.06. The molecule has 270 valence electrons. The lowest BCUT2D eigenvalue weighted by Crippen LogP contribution is -2.47.